The second-order valence-electron chi connectivity index (χ2n) is 7.74. The number of hydrogen-bond donors (Lipinski definition) is 0. The third-order valence-electron chi connectivity index (χ3n) is 6.10. The number of carbonyl (C=O) groups is 1. The maximum atomic E-state index is 12.7. The minimum absolute atomic E-state index is 0.294. The Hall–Kier alpha value is -0.120. The fourth-order valence-corrected chi connectivity index (χ4v) is 4.79. The van der Waals surface area contributed by atoms with Crippen LogP contribution >= 0.6 is 11.6 Å². The van der Waals surface area contributed by atoms with Gasteiger partial charge in [-0.15, -0.1) is 11.6 Å². The van der Waals surface area contributed by atoms with Crippen molar-refractivity contribution >= 4 is 17.4 Å². The number of carbonyl (C=O) groups excluding carboxylic acids is 1. The summed E-state index contributed by atoms with van der Waals surface area (Å²) in [5.74, 6) is 1.12. The van der Waals surface area contributed by atoms with Crippen LogP contribution in [0.15, 0.2) is 0 Å². The normalized spacial score (nSPS) is 36.2. The molecule has 3 rings (SSSR count). The summed E-state index contributed by atoms with van der Waals surface area (Å²) in [6.45, 7) is 4.44. The van der Waals surface area contributed by atoms with Gasteiger partial charge in [-0.1, -0.05) is 0 Å². The summed E-state index contributed by atoms with van der Waals surface area (Å²) in [4.78, 5) is 15.2. The molecule has 2 aliphatic carbocycles. The molecular formula is C19H32ClNO2. The number of hydrogen-bond acceptors (Lipinski definition) is 3. The predicted octanol–water partition coefficient (Wildman–Crippen LogP) is 4.02. The number of ether oxygens (including phenoxy) is 1. The predicted molar refractivity (Wildman–Crippen MR) is 94.0 cm³/mol. The van der Waals surface area contributed by atoms with Crippen molar-refractivity contribution in [3.05, 3.63) is 0 Å². The van der Waals surface area contributed by atoms with Crippen LogP contribution in [0.1, 0.15) is 64.2 Å². The standard InChI is InChI=1S/C19H32ClNO2/c20-17-7-3-15(4-8-17)19(22)16-5-9-18(10-6-16)23-14-13-21-11-1-2-12-21/h15-18H,1-14H2. The maximum absolute atomic E-state index is 12.7. The molecule has 2 saturated carbocycles. The summed E-state index contributed by atoms with van der Waals surface area (Å²) in [6.07, 6.45) is 11.4. The van der Waals surface area contributed by atoms with E-state index in [4.69, 9.17) is 16.3 Å². The fraction of sp³-hybridized carbons (Fsp3) is 0.947. The fourth-order valence-electron chi connectivity index (χ4n) is 4.54. The topological polar surface area (TPSA) is 29.5 Å². The maximum Gasteiger partial charge on any atom is 0.139 e. The van der Waals surface area contributed by atoms with Crippen LogP contribution in [0, 0.1) is 11.8 Å². The lowest BCUT2D eigenvalue weighted by molar-refractivity contribution is -0.129. The van der Waals surface area contributed by atoms with Gasteiger partial charge in [-0.25, -0.2) is 0 Å². The largest absolute Gasteiger partial charge is 0.377 e. The van der Waals surface area contributed by atoms with Gasteiger partial charge in [-0.05, 0) is 77.3 Å². The van der Waals surface area contributed by atoms with Gasteiger partial charge in [0.05, 0.1) is 12.7 Å². The van der Waals surface area contributed by atoms with Crippen molar-refractivity contribution in [3.63, 3.8) is 0 Å². The number of alkyl halides is 1. The third kappa shape index (κ3) is 5.17. The molecule has 1 saturated heterocycles. The molecule has 0 aromatic heterocycles. The molecule has 3 fully saturated rings. The summed E-state index contributed by atoms with van der Waals surface area (Å²) in [5, 5.41) is 0.304. The van der Waals surface area contributed by atoms with Gasteiger partial charge < -0.3 is 9.64 Å². The van der Waals surface area contributed by atoms with Crippen molar-refractivity contribution in [1.82, 2.24) is 4.90 Å². The monoisotopic (exact) mass is 341 g/mol. The van der Waals surface area contributed by atoms with Gasteiger partial charge >= 0.3 is 0 Å². The molecule has 0 unspecified atom stereocenters. The van der Waals surface area contributed by atoms with E-state index in [1.54, 1.807) is 0 Å². The minimum Gasteiger partial charge on any atom is -0.377 e. The molecule has 1 heterocycles. The molecule has 3 nitrogen and oxygen atoms in total. The lowest BCUT2D eigenvalue weighted by atomic mass is 9.76. The summed E-state index contributed by atoms with van der Waals surface area (Å²) < 4.78 is 6.06. The first-order valence-corrected chi connectivity index (χ1v) is 10.2. The Morgan fingerprint density at radius 2 is 1.48 bits per heavy atom. The van der Waals surface area contributed by atoms with Crippen LogP contribution in [0.2, 0.25) is 0 Å². The van der Waals surface area contributed by atoms with E-state index in [1.807, 2.05) is 0 Å². The Kier molecular flexibility index (Phi) is 6.79. The number of nitrogens with zero attached hydrogens (tertiary/aromatic N) is 1. The van der Waals surface area contributed by atoms with E-state index in [2.05, 4.69) is 4.90 Å². The SMILES string of the molecule is O=C(C1CCC(Cl)CC1)C1CCC(OCCN2CCCC2)CC1. The van der Waals surface area contributed by atoms with Crippen molar-refractivity contribution in [3.8, 4) is 0 Å². The summed E-state index contributed by atoms with van der Waals surface area (Å²) in [6, 6.07) is 0. The minimum atomic E-state index is 0.294. The van der Waals surface area contributed by atoms with E-state index in [0.29, 0.717) is 29.1 Å². The highest BCUT2D eigenvalue weighted by atomic mass is 35.5. The first-order valence-electron chi connectivity index (χ1n) is 9.74. The van der Waals surface area contributed by atoms with E-state index in [-0.39, 0.29) is 0 Å². The Morgan fingerprint density at radius 1 is 0.913 bits per heavy atom. The van der Waals surface area contributed by atoms with Crippen LogP contribution in [-0.2, 0) is 9.53 Å². The quantitative estimate of drug-likeness (QED) is 0.683. The number of rotatable bonds is 6. The molecule has 0 aromatic rings. The van der Waals surface area contributed by atoms with Crippen LogP contribution in [0.4, 0.5) is 0 Å². The van der Waals surface area contributed by atoms with Crippen LogP contribution in [0.5, 0.6) is 0 Å². The van der Waals surface area contributed by atoms with Crippen LogP contribution in [0.3, 0.4) is 0 Å². The van der Waals surface area contributed by atoms with E-state index in [9.17, 15) is 4.79 Å². The molecule has 4 heteroatoms. The van der Waals surface area contributed by atoms with Crippen molar-refractivity contribution < 1.29 is 9.53 Å². The van der Waals surface area contributed by atoms with Crippen LogP contribution in [-0.4, -0.2) is 48.4 Å². The van der Waals surface area contributed by atoms with Crippen molar-refractivity contribution in [2.75, 3.05) is 26.2 Å². The first kappa shape index (κ1) is 17.7. The second-order valence-corrected chi connectivity index (χ2v) is 8.36. The average Bonchev–Trinajstić information content (AvgIpc) is 3.09. The lowest BCUT2D eigenvalue weighted by Gasteiger charge is -2.32. The zero-order chi connectivity index (χ0) is 16.1. The highest BCUT2D eigenvalue weighted by molar-refractivity contribution is 6.20. The molecule has 0 bridgehead atoms. The smallest absolute Gasteiger partial charge is 0.139 e. The van der Waals surface area contributed by atoms with Gasteiger partial charge in [0.1, 0.15) is 5.78 Å². The zero-order valence-electron chi connectivity index (χ0n) is 14.4. The van der Waals surface area contributed by atoms with Gasteiger partial charge in [0.15, 0.2) is 0 Å². The highest BCUT2D eigenvalue weighted by Gasteiger charge is 2.33. The molecule has 1 aliphatic heterocycles. The summed E-state index contributed by atoms with van der Waals surface area (Å²) >= 11 is 6.16. The molecule has 23 heavy (non-hydrogen) atoms. The number of Topliss-reactive ketones (excluding diaryl/α,β-unsaturated/α-hetero) is 1. The van der Waals surface area contributed by atoms with E-state index in [0.717, 1.165) is 64.5 Å². The number of halogens is 1. The lowest BCUT2D eigenvalue weighted by Crippen LogP contribution is -2.33. The average molecular weight is 342 g/mol. The van der Waals surface area contributed by atoms with Gasteiger partial charge in [-0.2, -0.15) is 0 Å². The van der Waals surface area contributed by atoms with Crippen molar-refractivity contribution in [2.24, 2.45) is 11.8 Å². The highest BCUT2D eigenvalue weighted by Crippen LogP contribution is 2.34. The first-order chi connectivity index (χ1) is 11.2. The molecule has 0 atom stereocenters. The van der Waals surface area contributed by atoms with Crippen molar-refractivity contribution in [2.45, 2.75) is 75.7 Å². The number of ketones is 1. The Bertz CT molecular complexity index is 368. The van der Waals surface area contributed by atoms with E-state index in [1.165, 1.54) is 25.9 Å². The van der Waals surface area contributed by atoms with Crippen LogP contribution < -0.4 is 0 Å². The van der Waals surface area contributed by atoms with Crippen LogP contribution in [0.25, 0.3) is 0 Å². The van der Waals surface area contributed by atoms with Gasteiger partial charge in [-0.3, -0.25) is 4.79 Å². The van der Waals surface area contributed by atoms with Gasteiger partial charge in [0.25, 0.3) is 0 Å². The number of likely N-dealkylation sites (tertiary alicyclic amines) is 1. The summed E-state index contributed by atoms with van der Waals surface area (Å²) in [7, 11) is 0. The summed E-state index contributed by atoms with van der Waals surface area (Å²) in [5.41, 5.74) is 0. The molecule has 0 amide bonds. The Labute approximate surface area is 146 Å². The molecule has 0 N–H and O–H groups in total. The molecule has 0 aromatic carbocycles. The van der Waals surface area contributed by atoms with E-state index >= 15 is 0 Å². The van der Waals surface area contributed by atoms with Gasteiger partial charge in [0.2, 0.25) is 0 Å². The van der Waals surface area contributed by atoms with E-state index < -0.39 is 0 Å². The molecule has 0 radical (unpaired) electrons. The third-order valence-corrected chi connectivity index (χ3v) is 6.53. The molecule has 132 valence electrons. The molecule has 3 aliphatic rings. The zero-order valence-corrected chi connectivity index (χ0v) is 15.1. The Morgan fingerprint density at radius 3 is 2.09 bits per heavy atom. The second kappa shape index (κ2) is 8.82. The Balaban J connectivity index is 1.32. The van der Waals surface area contributed by atoms with Crippen molar-refractivity contribution in [1.29, 1.82) is 0 Å². The van der Waals surface area contributed by atoms with Gasteiger partial charge in [0, 0.05) is 23.8 Å². The molecule has 0 spiro atoms. The molecular weight excluding hydrogens is 310 g/mol.